The molecule has 0 bridgehead atoms. The topological polar surface area (TPSA) is 107 Å². The van der Waals surface area contributed by atoms with Crippen LogP contribution >= 0.6 is 0 Å². The molecule has 6 aromatic rings. The Labute approximate surface area is 434 Å². The van der Waals surface area contributed by atoms with Crippen molar-refractivity contribution in [2.45, 2.75) is 0 Å². The van der Waals surface area contributed by atoms with Crippen LogP contribution in [0.25, 0.3) is 16.7 Å². The Morgan fingerprint density at radius 2 is 0.632 bits per heavy atom. The molecule has 3 aromatic heterocycles. The quantitative estimate of drug-likeness (QED) is 0.0523. The molecule has 0 amide bonds. The van der Waals surface area contributed by atoms with Crippen LogP contribution in [0.15, 0.2) is 124 Å². The van der Waals surface area contributed by atoms with Crippen molar-refractivity contribution in [2.75, 3.05) is 19.8 Å². The van der Waals surface area contributed by atoms with Gasteiger partial charge in [-0.2, -0.15) is 44.9 Å². The van der Waals surface area contributed by atoms with Gasteiger partial charge in [0.2, 0.25) is 34.9 Å². The summed E-state index contributed by atoms with van der Waals surface area (Å²) in [5.41, 5.74) is -2.56. The van der Waals surface area contributed by atoms with Gasteiger partial charge in [-0.05, 0) is 53.2 Å². The fourth-order valence-electron chi connectivity index (χ4n) is 7.07. The Kier molecular flexibility index (Phi) is 18.5. The van der Waals surface area contributed by atoms with Gasteiger partial charge in [-0.3, -0.25) is 15.0 Å². The second-order valence-electron chi connectivity index (χ2n) is 14.6. The van der Waals surface area contributed by atoms with Gasteiger partial charge in [0.05, 0.1) is 33.8 Å². The molecular formula is C54H27F12FeN6O3. The van der Waals surface area contributed by atoms with Crippen molar-refractivity contribution < 1.29 is 84.0 Å². The van der Waals surface area contributed by atoms with Crippen LogP contribution in [0.3, 0.4) is 0 Å². The molecule has 0 saturated carbocycles. The number of rotatable bonds is 12. The van der Waals surface area contributed by atoms with E-state index in [-0.39, 0.29) is 68.0 Å². The van der Waals surface area contributed by atoms with Crippen LogP contribution in [0.4, 0.5) is 52.7 Å². The fraction of sp³-hybridized carbons (Fsp3) is 0.0556. The van der Waals surface area contributed by atoms with E-state index < -0.39 is 124 Å². The minimum Gasteiger partial charge on any atom is -0.664 e. The molecule has 0 atom stereocenters. The number of nitrogens with zero attached hydrogens (tertiary/aromatic N) is 6. The summed E-state index contributed by atoms with van der Waals surface area (Å²) in [6, 6.07) is 8.89. The van der Waals surface area contributed by atoms with Crippen molar-refractivity contribution in [3.63, 3.8) is 0 Å². The third-order valence-electron chi connectivity index (χ3n) is 10.2. The molecule has 0 saturated heterocycles. The number of terminal acetylenes is 3. The van der Waals surface area contributed by atoms with Crippen molar-refractivity contribution in [3.05, 3.63) is 212 Å². The number of halogens is 12. The molecule has 0 N–H and O–H groups in total. The largest absolute Gasteiger partial charge is 3.00 e. The van der Waals surface area contributed by atoms with Crippen molar-refractivity contribution in [2.24, 2.45) is 15.0 Å². The first-order valence-electron chi connectivity index (χ1n) is 21.0. The molecule has 76 heavy (non-hydrogen) atoms. The fourth-order valence-corrected chi connectivity index (χ4v) is 7.07. The normalized spacial score (nSPS) is 14.5. The first-order chi connectivity index (χ1) is 36.2. The summed E-state index contributed by atoms with van der Waals surface area (Å²) in [5.74, 6) is -17.5. The van der Waals surface area contributed by atoms with Gasteiger partial charge in [-0.15, -0.1) is 36.4 Å². The van der Waals surface area contributed by atoms with Crippen LogP contribution in [0.5, 0.6) is 17.2 Å². The number of aromatic nitrogens is 3. The van der Waals surface area contributed by atoms with E-state index in [1.54, 1.807) is 0 Å². The van der Waals surface area contributed by atoms with Gasteiger partial charge in [-0.25, -0.2) is 26.3 Å². The number of hydrogen-bond acceptors (Lipinski definition) is 6. The third kappa shape index (κ3) is 11.3. The van der Waals surface area contributed by atoms with Crippen molar-refractivity contribution in [3.8, 4) is 54.3 Å². The Bertz CT molecular complexity index is 3110. The molecule has 3 aromatic carbocycles. The summed E-state index contributed by atoms with van der Waals surface area (Å²) >= 11 is 0. The van der Waals surface area contributed by atoms with Crippen molar-refractivity contribution in [1.29, 1.82) is 0 Å². The maximum absolute atomic E-state index is 14.6. The predicted molar refractivity (Wildman–Crippen MR) is 252 cm³/mol. The summed E-state index contributed by atoms with van der Waals surface area (Å²) < 4.78 is 187. The van der Waals surface area contributed by atoms with E-state index >= 15 is 0 Å². The van der Waals surface area contributed by atoms with Crippen LogP contribution in [0, 0.1) is 107 Å². The molecule has 0 spiro atoms. The van der Waals surface area contributed by atoms with E-state index in [4.69, 9.17) is 19.3 Å². The number of hydrogen-bond donors (Lipinski definition) is 0. The Morgan fingerprint density at radius 3 is 0.803 bits per heavy atom. The van der Waals surface area contributed by atoms with Gasteiger partial charge >= 0.3 is 17.1 Å². The molecule has 9 rings (SSSR count). The molecule has 22 heteroatoms. The van der Waals surface area contributed by atoms with Gasteiger partial charge in [0.1, 0.15) is 19.8 Å². The summed E-state index contributed by atoms with van der Waals surface area (Å²) in [7, 11) is 0. The van der Waals surface area contributed by atoms with E-state index in [1.807, 2.05) is 17.8 Å². The molecule has 3 aliphatic rings. The zero-order valence-electron chi connectivity index (χ0n) is 38.0. The Balaban J connectivity index is 0.000000184. The predicted octanol–water partition coefficient (Wildman–Crippen LogP) is 10.8. The molecule has 3 aliphatic heterocycles. The molecule has 0 fully saturated rings. The molecule has 383 valence electrons. The average molecular weight is 1090 g/mol. The third-order valence-corrected chi connectivity index (χ3v) is 10.2. The van der Waals surface area contributed by atoms with Gasteiger partial charge in [0.15, 0.2) is 52.2 Å². The van der Waals surface area contributed by atoms with Gasteiger partial charge in [0.25, 0.3) is 0 Å². The first-order valence-corrected chi connectivity index (χ1v) is 21.0. The zero-order valence-corrected chi connectivity index (χ0v) is 39.1. The monoisotopic (exact) mass is 1090 g/mol. The van der Waals surface area contributed by atoms with E-state index in [9.17, 15) is 52.7 Å². The van der Waals surface area contributed by atoms with E-state index in [2.05, 4.69) is 44.1 Å². The Morgan fingerprint density at radius 1 is 0.395 bits per heavy atom. The SMILES string of the molecule is C#CCOc1c(F)c(F)c(/C(=C2\C=CC=N2)c2ccc[n-]2)c(F)c1F.C#CCOc1c(F)c(F)c(/C(=C2\C=CC=N2)c2ccc[n-]2)c(F)c1F.C#CCOc1c(F)c(F)c(/C(=C2\C=CC=N2)c2ccc[n-]2)c(F)c1F.[Fe+3]. The number of allylic oxidation sites excluding steroid dienone is 6. The molecule has 0 unspecified atom stereocenters. The maximum Gasteiger partial charge on any atom is 3.00 e. The van der Waals surface area contributed by atoms with Gasteiger partial charge in [-0.1, -0.05) is 54.2 Å². The first kappa shape index (κ1) is 56.0. The molecule has 6 heterocycles. The van der Waals surface area contributed by atoms with Crippen LogP contribution in [0.2, 0.25) is 0 Å². The van der Waals surface area contributed by atoms with E-state index in [1.165, 1.54) is 110 Å². The number of ether oxygens (including phenoxy) is 3. The molecular weight excluding hydrogens is 1060 g/mol. The standard InChI is InChI=1S/3C18H9F4N2O.Fe/c3*1-2-9-25-18-16(21)14(19)13(15(20)17(18)22)12(10-5-3-7-23-10)11-6-4-8-24-11;/h3*1,3-8H,9H2;/q3*-1;+3/b3*12-10+;. The van der Waals surface area contributed by atoms with Crippen molar-refractivity contribution >= 4 is 35.4 Å². The molecule has 1 radical (unpaired) electrons. The van der Waals surface area contributed by atoms with Gasteiger partial charge < -0.3 is 29.2 Å². The smallest absolute Gasteiger partial charge is 0.664 e. The second-order valence-corrected chi connectivity index (χ2v) is 14.6. The molecule has 0 aliphatic carbocycles. The summed E-state index contributed by atoms with van der Waals surface area (Å²) in [6.45, 7) is -1.63. The van der Waals surface area contributed by atoms with E-state index in [0.29, 0.717) is 0 Å². The summed E-state index contributed by atoms with van der Waals surface area (Å²) in [4.78, 5) is 23.7. The minimum absolute atomic E-state index is 0. The average Bonchev–Trinajstić information content (AvgIpc) is 4.27. The number of benzene rings is 3. The van der Waals surface area contributed by atoms with E-state index in [0.717, 1.165) is 0 Å². The van der Waals surface area contributed by atoms with Gasteiger partial charge in [0, 0.05) is 18.6 Å². The summed E-state index contributed by atoms with van der Waals surface area (Å²) in [6.07, 6.45) is 32.0. The van der Waals surface area contributed by atoms with Crippen LogP contribution in [0.1, 0.15) is 33.8 Å². The Hall–Kier alpha value is -9.29. The van der Waals surface area contributed by atoms with Crippen LogP contribution in [-0.2, 0) is 17.1 Å². The summed E-state index contributed by atoms with van der Waals surface area (Å²) in [5, 5.41) is 0. The minimum atomic E-state index is -1.68. The van der Waals surface area contributed by atoms with Crippen LogP contribution in [-0.4, -0.2) is 38.5 Å². The second kappa shape index (κ2) is 25.1. The van der Waals surface area contributed by atoms with Crippen molar-refractivity contribution in [1.82, 2.24) is 15.0 Å². The molecule has 9 nitrogen and oxygen atoms in total. The van der Waals surface area contributed by atoms with Crippen LogP contribution < -0.4 is 29.2 Å². The zero-order chi connectivity index (χ0) is 53.9. The number of aliphatic imine (C=N–C) groups is 3. The maximum atomic E-state index is 14.6.